The van der Waals surface area contributed by atoms with Crippen molar-refractivity contribution >= 4 is 46.4 Å². The number of carbonyl (C=O) groups is 5. The Balaban J connectivity index is 0.921. The topological polar surface area (TPSA) is 205 Å². The summed E-state index contributed by atoms with van der Waals surface area (Å²) in [5.74, 6) is -0.197. The molecule has 16 nitrogen and oxygen atoms in total. The molecule has 2 heterocycles. The predicted molar refractivity (Wildman–Crippen MR) is 247 cm³/mol. The number of ether oxygens (including phenoxy) is 2. The molecule has 4 fully saturated rings. The van der Waals surface area contributed by atoms with E-state index < -0.39 is 29.5 Å². The van der Waals surface area contributed by atoms with Crippen LogP contribution in [0.15, 0.2) is 36.7 Å². The van der Waals surface area contributed by atoms with E-state index in [0.717, 1.165) is 50.8 Å². The van der Waals surface area contributed by atoms with Gasteiger partial charge in [0.25, 0.3) is 0 Å². The van der Waals surface area contributed by atoms with Crippen LogP contribution in [-0.2, 0) is 34.8 Å². The van der Waals surface area contributed by atoms with Crippen LogP contribution in [0.1, 0.15) is 124 Å². The number of alkyl halides is 3. The average molecular weight is 942 g/mol. The van der Waals surface area contributed by atoms with Crippen LogP contribution < -0.4 is 31.9 Å². The summed E-state index contributed by atoms with van der Waals surface area (Å²) in [6.07, 6.45) is 7.81. The van der Waals surface area contributed by atoms with Crippen LogP contribution in [0.5, 0.6) is 0 Å². The molecule has 0 spiro atoms. The molecular weight excluding hydrogens is 872 g/mol. The smallest absolute Gasteiger partial charge is 0.416 e. The molecule has 3 saturated carbocycles. The molecule has 1 aromatic carbocycles. The standard InChI is InChI=1S/C48H70F3N9O7/c1-29(2)27-53-34-15-19-40(60-23-21-38(45(60)64)58-43-36-25-31(48(49,50)51)10-18-37(36)54-28-55-43)39(26-34)59-44(63)30-8-11-32(12-9-30)56-41(61)7-6-24-66-35-16-13-33(14-17-35)57-42(62)20-22-52-46(65)67-47(3,4)5/h6-7,10,18,25,28-30,32-35,38-40,53H,8-9,11-17,19-24,26-27H2,1-5H3,(H,52,65)(H,56,61)(H,57,62)(H,59,63)(H,54,55,58)/b7-6+/t30?,32?,33?,34-,35?,38+,39-,40+/m1/s1. The molecule has 19 heteroatoms. The Labute approximate surface area is 391 Å². The van der Waals surface area contributed by atoms with E-state index in [-0.39, 0.29) is 90.0 Å². The number of aromatic nitrogens is 2. The second-order valence-electron chi connectivity index (χ2n) is 20.0. The molecule has 6 N–H and O–H groups in total. The summed E-state index contributed by atoms with van der Waals surface area (Å²) in [6, 6.07) is 2.18. The van der Waals surface area contributed by atoms with Crippen LogP contribution in [0.25, 0.3) is 10.9 Å². The highest BCUT2D eigenvalue weighted by Gasteiger charge is 2.43. The first-order chi connectivity index (χ1) is 31.8. The Hall–Kier alpha value is -5.04. The minimum Gasteiger partial charge on any atom is -0.444 e. The Kier molecular flexibility index (Phi) is 17.9. The first-order valence-electron chi connectivity index (χ1n) is 24.1. The Morgan fingerprint density at radius 1 is 0.881 bits per heavy atom. The number of carbonyl (C=O) groups excluding carboxylic acids is 5. The summed E-state index contributed by atoms with van der Waals surface area (Å²) in [6.45, 7) is 11.4. The molecule has 1 aliphatic heterocycles. The molecule has 370 valence electrons. The number of alkyl carbamates (subject to hydrolysis) is 1. The van der Waals surface area contributed by atoms with Crippen molar-refractivity contribution in [1.82, 2.24) is 41.5 Å². The number of likely N-dealkylation sites (tertiary alicyclic amines) is 1. The Morgan fingerprint density at radius 3 is 2.28 bits per heavy atom. The maximum Gasteiger partial charge on any atom is 0.416 e. The highest BCUT2D eigenvalue weighted by atomic mass is 19.4. The number of rotatable bonds is 17. The Morgan fingerprint density at radius 2 is 1.58 bits per heavy atom. The zero-order valence-corrected chi connectivity index (χ0v) is 39.5. The van der Waals surface area contributed by atoms with Crippen molar-refractivity contribution < 1.29 is 46.6 Å². The molecule has 2 aromatic rings. The lowest BCUT2D eigenvalue weighted by Crippen LogP contribution is -2.59. The number of nitrogens with one attached hydrogen (secondary N) is 6. The van der Waals surface area contributed by atoms with E-state index in [2.05, 4.69) is 55.7 Å². The SMILES string of the molecule is CC(C)CN[C@@H]1CC[C@H](N2CC[C@H](Nc3ncnc4ccc(C(F)(F)F)cc34)C2=O)[C@H](NC(=O)C2CCC(NC(=O)/C=C/COC3CCC(NC(=O)CCNC(=O)OC(C)(C)C)CC3)CC2)C1. The van der Waals surface area contributed by atoms with Crippen LogP contribution in [-0.4, -0.2) is 119 Å². The summed E-state index contributed by atoms with van der Waals surface area (Å²) >= 11 is 0. The van der Waals surface area contributed by atoms with Gasteiger partial charge in [0.15, 0.2) is 0 Å². The van der Waals surface area contributed by atoms with Crippen LogP contribution in [0.2, 0.25) is 0 Å². The molecular formula is C48H70F3N9O7. The van der Waals surface area contributed by atoms with Gasteiger partial charge in [-0.15, -0.1) is 0 Å². The summed E-state index contributed by atoms with van der Waals surface area (Å²) in [7, 11) is 0. The van der Waals surface area contributed by atoms with Crippen LogP contribution >= 0.6 is 0 Å². The van der Waals surface area contributed by atoms with Crippen molar-refractivity contribution in [2.75, 3.05) is 31.6 Å². The van der Waals surface area contributed by atoms with Crippen molar-refractivity contribution in [3.8, 4) is 0 Å². The number of hydrogen-bond donors (Lipinski definition) is 6. The van der Waals surface area contributed by atoms with Gasteiger partial charge in [0.1, 0.15) is 23.8 Å². The largest absolute Gasteiger partial charge is 0.444 e. The van der Waals surface area contributed by atoms with E-state index in [1.807, 2.05) is 4.90 Å². The van der Waals surface area contributed by atoms with Gasteiger partial charge in [0, 0.05) is 55.0 Å². The molecule has 67 heavy (non-hydrogen) atoms. The molecule has 0 unspecified atom stereocenters. The van der Waals surface area contributed by atoms with Gasteiger partial charge in [0.05, 0.1) is 35.9 Å². The maximum absolute atomic E-state index is 14.0. The fourth-order valence-electron chi connectivity index (χ4n) is 9.61. The van der Waals surface area contributed by atoms with Crippen molar-refractivity contribution in [1.29, 1.82) is 0 Å². The number of amides is 5. The third-order valence-electron chi connectivity index (χ3n) is 13.1. The summed E-state index contributed by atoms with van der Waals surface area (Å²) in [5, 5.41) is 19.0. The molecule has 1 aromatic heterocycles. The van der Waals surface area contributed by atoms with Gasteiger partial charge >= 0.3 is 12.3 Å². The van der Waals surface area contributed by atoms with Gasteiger partial charge in [-0.25, -0.2) is 14.8 Å². The van der Waals surface area contributed by atoms with E-state index in [1.165, 1.54) is 18.5 Å². The molecule has 6 rings (SSSR count). The second-order valence-corrected chi connectivity index (χ2v) is 20.0. The van der Waals surface area contributed by atoms with Gasteiger partial charge < -0.3 is 46.3 Å². The van der Waals surface area contributed by atoms with Gasteiger partial charge in [0.2, 0.25) is 23.6 Å². The Bertz CT molecular complexity index is 2050. The summed E-state index contributed by atoms with van der Waals surface area (Å²) < 4.78 is 51.9. The predicted octanol–water partition coefficient (Wildman–Crippen LogP) is 5.90. The van der Waals surface area contributed by atoms with Crippen LogP contribution in [0.3, 0.4) is 0 Å². The lowest BCUT2D eigenvalue weighted by Gasteiger charge is -2.42. The first-order valence-corrected chi connectivity index (χ1v) is 24.1. The number of hydrogen-bond acceptors (Lipinski definition) is 11. The molecule has 1 saturated heterocycles. The van der Waals surface area contributed by atoms with E-state index in [0.29, 0.717) is 69.5 Å². The van der Waals surface area contributed by atoms with Crippen molar-refractivity contribution in [2.45, 2.75) is 172 Å². The highest BCUT2D eigenvalue weighted by Crippen LogP contribution is 2.34. The molecule has 4 aliphatic rings. The number of benzene rings is 1. The number of nitrogens with zero attached hydrogens (tertiary/aromatic N) is 3. The zero-order chi connectivity index (χ0) is 48.3. The zero-order valence-electron chi connectivity index (χ0n) is 39.5. The van der Waals surface area contributed by atoms with E-state index in [1.54, 1.807) is 26.8 Å². The third kappa shape index (κ3) is 15.5. The molecule has 5 amide bonds. The van der Waals surface area contributed by atoms with Crippen molar-refractivity contribution in [3.05, 3.63) is 42.2 Å². The highest BCUT2D eigenvalue weighted by molar-refractivity contribution is 5.93. The van der Waals surface area contributed by atoms with Crippen LogP contribution in [0, 0.1) is 11.8 Å². The number of halogens is 3. The van der Waals surface area contributed by atoms with Crippen molar-refractivity contribution in [3.63, 3.8) is 0 Å². The van der Waals surface area contributed by atoms with Gasteiger partial charge in [-0.05, 0) is 128 Å². The van der Waals surface area contributed by atoms with Gasteiger partial charge in [-0.3, -0.25) is 19.2 Å². The monoisotopic (exact) mass is 942 g/mol. The fourth-order valence-corrected chi connectivity index (χ4v) is 9.61. The molecule has 3 aliphatic carbocycles. The molecule has 0 bridgehead atoms. The van der Waals surface area contributed by atoms with Crippen LogP contribution in [0.4, 0.5) is 23.8 Å². The second kappa shape index (κ2) is 23.3. The summed E-state index contributed by atoms with van der Waals surface area (Å²) in [4.78, 5) is 75.1. The lowest BCUT2D eigenvalue weighted by atomic mass is 9.83. The van der Waals surface area contributed by atoms with Gasteiger partial charge in [-0.1, -0.05) is 19.9 Å². The average Bonchev–Trinajstić information content (AvgIpc) is 3.62. The minimum atomic E-state index is -4.55. The quantitative estimate of drug-likeness (QED) is 0.103. The van der Waals surface area contributed by atoms with Gasteiger partial charge in [-0.2, -0.15) is 13.2 Å². The van der Waals surface area contributed by atoms with E-state index in [9.17, 15) is 37.1 Å². The lowest BCUT2D eigenvalue weighted by molar-refractivity contribution is -0.137. The number of fused-ring (bicyclic) bond motifs is 1. The molecule has 0 radical (unpaired) electrons. The number of anilines is 1. The van der Waals surface area contributed by atoms with E-state index in [4.69, 9.17) is 9.47 Å². The first kappa shape index (κ1) is 51.4. The maximum atomic E-state index is 14.0. The fraction of sp³-hybridized carbons (Fsp3) is 0.688. The van der Waals surface area contributed by atoms with E-state index >= 15 is 0 Å². The molecule has 4 atom stereocenters. The normalized spacial score (nSPS) is 26.1. The summed E-state index contributed by atoms with van der Waals surface area (Å²) in [5.41, 5.74) is -1.10. The third-order valence-corrected chi connectivity index (χ3v) is 13.1. The van der Waals surface area contributed by atoms with Crippen molar-refractivity contribution in [2.24, 2.45) is 11.8 Å². The minimum absolute atomic E-state index is 0.0319.